The SMILES string of the molecule is CCn1c(C)nnc1S(N)(=O)=O. The lowest BCUT2D eigenvalue weighted by Crippen LogP contribution is -2.18. The van der Waals surface area contributed by atoms with Gasteiger partial charge in [-0.1, -0.05) is 0 Å². The van der Waals surface area contributed by atoms with Gasteiger partial charge in [0.05, 0.1) is 0 Å². The second-order valence-electron chi connectivity index (χ2n) is 2.32. The van der Waals surface area contributed by atoms with Gasteiger partial charge in [-0.15, -0.1) is 10.2 Å². The van der Waals surface area contributed by atoms with Gasteiger partial charge in [-0.05, 0) is 13.8 Å². The standard InChI is InChI=1S/C5H10N4O2S/c1-3-9-4(2)7-8-5(9)12(6,10)11/h3H2,1-2H3,(H2,6,10,11). The molecule has 1 rings (SSSR count). The number of primary sulfonamides is 1. The van der Waals surface area contributed by atoms with Crippen molar-refractivity contribution in [3.05, 3.63) is 5.82 Å². The van der Waals surface area contributed by atoms with Crippen molar-refractivity contribution in [1.82, 2.24) is 14.8 Å². The van der Waals surface area contributed by atoms with Crippen LogP contribution in [0.1, 0.15) is 12.7 Å². The Kier molecular flexibility index (Phi) is 2.16. The van der Waals surface area contributed by atoms with Crippen molar-refractivity contribution < 1.29 is 8.42 Å². The van der Waals surface area contributed by atoms with E-state index in [1.54, 1.807) is 13.8 Å². The van der Waals surface area contributed by atoms with Gasteiger partial charge < -0.3 is 4.57 Å². The molecule has 0 atom stereocenters. The van der Waals surface area contributed by atoms with Gasteiger partial charge in [0.25, 0.3) is 15.2 Å². The highest BCUT2D eigenvalue weighted by molar-refractivity contribution is 7.89. The number of sulfonamides is 1. The smallest absolute Gasteiger partial charge is 0.273 e. The summed E-state index contributed by atoms with van der Waals surface area (Å²) in [4.78, 5) is 0. The van der Waals surface area contributed by atoms with Crippen LogP contribution in [-0.4, -0.2) is 23.2 Å². The van der Waals surface area contributed by atoms with E-state index < -0.39 is 10.0 Å². The van der Waals surface area contributed by atoms with Crippen molar-refractivity contribution in [1.29, 1.82) is 0 Å². The quantitative estimate of drug-likeness (QED) is 0.664. The predicted octanol–water partition coefficient (Wildman–Crippen LogP) is -0.746. The third-order valence-electron chi connectivity index (χ3n) is 1.47. The Balaban J connectivity index is 3.36. The first-order valence-corrected chi connectivity index (χ1v) is 4.94. The fourth-order valence-electron chi connectivity index (χ4n) is 0.936. The summed E-state index contributed by atoms with van der Waals surface area (Å²) in [5.74, 6) is 0.543. The van der Waals surface area contributed by atoms with Gasteiger partial charge in [0.2, 0.25) is 0 Å². The Labute approximate surface area is 70.5 Å². The first-order chi connectivity index (χ1) is 5.46. The van der Waals surface area contributed by atoms with Gasteiger partial charge in [0, 0.05) is 6.54 Å². The van der Waals surface area contributed by atoms with Gasteiger partial charge in [-0.2, -0.15) is 0 Å². The van der Waals surface area contributed by atoms with Crippen molar-refractivity contribution in [2.24, 2.45) is 5.14 Å². The molecule has 0 unspecified atom stereocenters. The number of nitrogens with zero attached hydrogens (tertiary/aromatic N) is 3. The van der Waals surface area contributed by atoms with Crippen LogP contribution < -0.4 is 5.14 Å². The van der Waals surface area contributed by atoms with Crippen molar-refractivity contribution in [3.8, 4) is 0 Å². The van der Waals surface area contributed by atoms with Crippen LogP contribution in [-0.2, 0) is 16.6 Å². The van der Waals surface area contributed by atoms with E-state index in [0.717, 1.165) is 0 Å². The third-order valence-corrected chi connectivity index (χ3v) is 2.28. The Bertz CT molecular complexity index is 380. The molecule has 7 heteroatoms. The van der Waals surface area contributed by atoms with Crippen LogP contribution in [0.5, 0.6) is 0 Å². The molecule has 0 spiro atoms. The first-order valence-electron chi connectivity index (χ1n) is 3.39. The highest BCUT2D eigenvalue weighted by Gasteiger charge is 2.17. The molecule has 1 heterocycles. The number of hydrogen-bond donors (Lipinski definition) is 1. The molecule has 0 amide bonds. The Hall–Kier alpha value is -0.950. The van der Waals surface area contributed by atoms with Crippen molar-refractivity contribution in [2.75, 3.05) is 0 Å². The van der Waals surface area contributed by atoms with E-state index in [1.165, 1.54) is 4.57 Å². The zero-order chi connectivity index (χ0) is 9.35. The zero-order valence-electron chi connectivity index (χ0n) is 6.85. The fraction of sp³-hybridized carbons (Fsp3) is 0.600. The first kappa shape index (κ1) is 9.14. The number of aryl methyl sites for hydroxylation is 1. The highest BCUT2D eigenvalue weighted by Crippen LogP contribution is 2.04. The normalized spacial score (nSPS) is 11.9. The lowest BCUT2D eigenvalue weighted by Gasteiger charge is -2.01. The molecule has 1 aromatic heterocycles. The van der Waals surface area contributed by atoms with Crippen molar-refractivity contribution >= 4 is 10.0 Å². The average molecular weight is 190 g/mol. The van der Waals surface area contributed by atoms with Gasteiger partial charge in [0.15, 0.2) is 0 Å². The summed E-state index contributed by atoms with van der Waals surface area (Å²) in [6.07, 6.45) is 0. The molecule has 6 nitrogen and oxygen atoms in total. The minimum absolute atomic E-state index is 0.178. The van der Waals surface area contributed by atoms with Crippen molar-refractivity contribution in [2.45, 2.75) is 25.5 Å². The monoisotopic (exact) mass is 190 g/mol. The summed E-state index contributed by atoms with van der Waals surface area (Å²) in [7, 11) is -3.74. The molecule has 0 fully saturated rings. The largest absolute Gasteiger partial charge is 0.301 e. The second kappa shape index (κ2) is 2.83. The molecular weight excluding hydrogens is 180 g/mol. The Morgan fingerprint density at radius 1 is 1.50 bits per heavy atom. The zero-order valence-corrected chi connectivity index (χ0v) is 7.67. The molecule has 2 N–H and O–H groups in total. The van der Waals surface area contributed by atoms with Crippen LogP contribution in [0.4, 0.5) is 0 Å². The lowest BCUT2D eigenvalue weighted by molar-refractivity contribution is 0.567. The molecule has 0 saturated heterocycles. The molecule has 0 aliphatic carbocycles. The Morgan fingerprint density at radius 2 is 2.08 bits per heavy atom. The number of nitrogens with two attached hydrogens (primary N) is 1. The number of aromatic nitrogens is 3. The van der Waals surface area contributed by atoms with Crippen LogP contribution >= 0.6 is 0 Å². The van der Waals surface area contributed by atoms with Crippen LogP contribution in [0.3, 0.4) is 0 Å². The molecule has 68 valence electrons. The second-order valence-corrected chi connectivity index (χ2v) is 3.77. The van der Waals surface area contributed by atoms with E-state index in [1.807, 2.05) is 0 Å². The predicted molar refractivity (Wildman–Crippen MR) is 41.8 cm³/mol. The summed E-state index contributed by atoms with van der Waals surface area (Å²) in [6.45, 7) is 3.96. The molecule has 0 aliphatic rings. The van der Waals surface area contributed by atoms with E-state index in [-0.39, 0.29) is 5.16 Å². The summed E-state index contributed by atoms with van der Waals surface area (Å²) in [5.41, 5.74) is 0. The molecule has 0 radical (unpaired) electrons. The molecule has 1 aromatic rings. The maximum atomic E-state index is 10.9. The number of hydrogen-bond acceptors (Lipinski definition) is 4. The van der Waals surface area contributed by atoms with Crippen LogP contribution in [0.25, 0.3) is 0 Å². The summed E-state index contributed by atoms with van der Waals surface area (Å²) < 4.78 is 23.2. The van der Waals surface area contributed by atoms with Gasteiger partial charge in [-0.3, -0.25) is 0 Å². The maximum absolute atomic E-state index is 10.9. The minimum Gasteiger partial charge on any atom is -0.301 e. The summed E-state index contributed by atoms with van der Waals surface area (Å²) >= 11 is 0. The van der Waals surface area contributed by atoms with Gasteiger partial charge in [-0.25, -0.2) is 13.6 Å². The molecular formula is C5H10N4O2S. The Morgan fingerprint density at radius 3 is 2.42 bits per heavy atom. The molecule has 0 aliphatic heterocycles. The van der Waals surface area contributed by atoms with Gasteiger partial charge in [0.1, 0.15) is 5.82 Å². The maximum Gasteiger partial charge on any atom is 0.273 e. The van der Waals surface area contributed by atoms with E-state index in [0.29, 0.717) is 12.4 Å². The molecule has 0 saturated carbocycles. The van der Waals surface area contributed by atoms with E-state index in [9.17, 15) is 8.42 Å². The van der Waals surface area contributed by atoms with E-state index in [4.69, 9.17) is 5.14 Å². The highest BCUT2D eigenvalue weighted by atomic mass is 32.2. The molecule has 12 heavy (non-hydrogen) atoms. The van der Waals surface area contributed by atoms with E-state index in [2.05, 4.69) is 10.2 Å². The number of rotatable bonds is 2. The summed E-state index contributed by atoms with van der Waals surface area (Å²) in [6, 6.07) is 0. The van der Waals surface area contributed by atoms with Gasteiger partial charge >= 0.3 is 0 Å². The van der Waals surface area contributed by atoms with Crippen molar-refractivity contribution in [3.63, 3.8) is 0 Å². The topological polar surface area (TPSA) is 90.9 Å². The lowest BCUT2D eigenvalue weighted by atomic mass is 10.6. The minimum atomic E-state index is -3.74. The fourth-order valence-corrected chi connectivity index (χ4v) is 1.66. The van der Waals surface area contributed by atoms with Crippen LogP contribution in [0.15, 0.2) is 5.16 Å². The van der Waals surface area contributed by atoms with Crippen LogP contribution in [0.2, 0.25) is 0 Å². The third kappa shape index (κ3) is 1.46. The van der Waals surface area contributed by atoms with Crippen LogP contribution in [0, 0.1) is 6.92 Å². The summed E-state index contributed by atoms with van der Waals surface area (Å²) in [5, 5.41) is 11.8. The van der Waals surface area contributed by atoms with E-state index >= 15 is 0 Å². The molecule has 0 bridgehead atoms. The molecule has 0 aromatic carbocycles. The average Bonchev–Trinajstić information content (AvgIpc) is 2.29.